The number of hydrogen-bond donors (Lipinski definition) is 1. The van der Waals surface area contributed by atoms with Crippen molar-refractivity contribution in [1.82, 2.24) is 14.9 Å². The zero-order valence-corrected chi connectivity index (χ0v) is 7.41. The molecule has 0 saturated carbocycles. The van der Waals surface area contributed by atoms with E-state index >= 15 is 0 Å². The van der Waals surface area contributed by atoms with Crippen molar-refractivity contribution in [2.24, 2.45) is 0 Å². The number of imidazole rings is 1. The molecule has 2 heterocycles. The normalized spacial score (nSPS) is 15.2. The predicted octanol–water partition coefficient (Wildman–Crippen LogP) is -0.227. The first kappa shape index (κ1) is 8.25. The molecule has 5 heteroatoms. The lowest BCUT2D eigenvalue weighted by Gasteiger charge is -2.15. The number of hydrogen-bond acceptors (Lipinski definition) is 4. The highest BCUT2D eigenvalue weighted by Gasteiger charge is 2.19. The fourth-order valence-electron chi connectivity index (χ4n) is 1.46. The summed E-state index contributed by atoms with van der Waals surface area (Å²) in [7, 11) is 1.37. The molecule has 0 spiro atoms. The number of methoxy groups -OCH3 is 1. The Morgan fingerprint density at radius 3 is 3.38 bits per heavy atom. The third kappa shape index (κ3) is 1.31. The first-order valence-corrected chi connectivity index (χ1v) is 4.16. The number of nitrogens with zero attached hydrogens (tertiary/aromatic N) is 2. The summed E-state index contributed by atoms with van der Waals surface area (Å²) in [6.45, 7) is 2.47. The van der Waals surface area contributed by atoms with E-state index in [2.05, 4.69) is 15.0 Å². The maximum absolute atomic E-state index is 11.2. The van der Waals surface area contributed by atoms with Crippen LogP contribution in [-0.4, -0.2) is 29.2 Å². The van der Waals surface area contributed by atoms with Crippen LogP contribution in [0.1, 0.15) is 16.2 Å². The van der Waals surface area contributed by atoms with E-state index in [0.29, 0.717) is 12.2 Å². The summed E-state index contributed by atoms with van der Waals surface area (Å²) >= 11 is 0. The fraction of sp³-hybridized carbons (Fsp3) is 0.500. The highest BCUT2D eigenvalue weighted by atomic mass is 16.5. The van der Waals surface area contributed by atoms with E-state index in [1.54, 1.807) is 6.33 Å². The lowest BCUT2D eigenvalue weighted by atomic mass is 10.3. The summed E-state index contributed by atoms with van der Waals surface area (Å²) < 4.78 is 6.59. The summed E-state index contributed by atoms with van der Waals surface area (Å²) in [6, 6.07) is 0. The molecule has 13 heavy (non-hydrogen) atoms. The maximum atomic E-state index is 11.2. The monoisotopic (exact) mass is 181 g/mol. The largest absolute Gasteiger partial charge is 0.464 e. The summed E-state index contributed by atoms with van der Waals surface area (Å²) in [5.74, 6) is -0.363. The number of aromatic nitrogens is 2. The molecular weight excluding hydrogens is 170 g/mol. The van der Waals surface area contributed by atoms with Crippen molar-refractivity contribution in [2.75, 3.05) is 13.7 Å². The van der Waals surface area contributed by atoms with Crippen LogP contribution in [0, 0.1) is 0 Å². The molecular formula is C8H11N3O2. The van der Waals surface area contributed by atoms with Crippen LogP contribution in [0.3, 0.4) is 0 Å². The van der Waals surface area contributed by atoms with Crippen LogP contribution in [0.4, 0.5) is 0 Å². The van der Waals surface area contributed by atoms with Crippen molar-refractivity contribution in [2.45, 2.75) is 13.1 Å². The second kappa shape index (κ2) is 3.18. The second-order valence-electron chi connectivity index (χ2n) is 2.90. The summed E-state index contributed by atoms with van der Waals surface area (Å²) in [5.41, 5.74) is 1.34. The second-order valence-corrected chi connectivity index (χ2v) is 2.90. The van der Waals surface area contributed by atoms with Gasteiger partial charge in [-0.25, -0.2) is 9.78 Å². The van der Waals surface area contributed by atoms with E-state index in [9.17, 15) is 4.79 Å². The SMILES string of the molecule is COC(=O)c1ncn2c1CNCC2. The highest BCUT2D eigenvalue weighted by Crippen LogP contribution is 2.11. The van der Waals surface area contributed by atoms with E-state index < -0.39 is 0 Å². The minimum Gasteiger partial charge on any atom is -0.464 e. The number of rotatable bonds is 1. The number of esters is 1. The van der Waals surface area contributed by atoms with Crippen LogP contribution in [0.15, 0.2) is 6.33 Å². The average molecular weight is 181 g/mol. The average Bonchev–Trinajstić information content (AvgIpc) is 2.60. The van der Waals surface area contributed by atoms with Crippen molar-refractivity contribution in [3.05, 3.63) is 17.7 Å². The molecule has 0 bridgehead atoms. The number of fused-ring (bicyclic) bond motifs is 1. The van der Waals surface area contributed by atoms with Gasteiger partial charge < -0.3 is 14.6 Å². The minimum atomic E-state index is -0.363. The minimum absolute atomic E-state index is 0.363. The third-order valence-corrected chi connectivity index (χ3v) is 2.15. The van der Waals surface area contributed by atoms with Gasteiger partial charge in [0.05, 0.1) is 19.1 Å². The first-order valence-electron chi connectivity index (χ1n) is 4.16. The van der Waals surface area contributed by atoms with E-state index in [0.717, 1.165) is 18.8 Å². The van der Waals surface area contributed by atoms with Crippen LogP contribution < -0.4 is 5.32 Å². The molecule has 0 aromatic carbocycles. The molecule has 1 aliphatic heterocycles. The first-order chi connectivity index (χ1) is 6.33. The Morgan fingerprint density at radius 1 is 1.77 bits per heavy atom. The van der Waals surface area contributed by atoms with Crippen LogP contribution in [0.25, 0.3) is 0 Å². The van der Waals surface area contributed by atoms with Crippen molar-refractivity contribution in [3.63, 3.8) is 0 Å². The zero-order valence-electron chi connectivity index (χ0n) is 7.41. The Labute approximate surface area is 75.7 Å². The molecule has 0 amide bonds. The van der Waals surface area contributed by atoms with Gasteiger partial charge in [-0.3, -0.25) is 0 Å². The van der Waals surface area contributed by atoms with Gasteiger partial charge >= 0.3 is 5.97 Å². The van der Waals surface area contributed by atoms with E-state index in [4.69, 9.17) is 0 Å². The molecule has 0 atom stereocenters. The van der Waals surface area contributed by atoms with Crippen LogP contribution >= 0.6 is 0 Å². The van der Waals surface area contributed by atoms with Gasteiger partial charge in [0.15, 0.2) is 5.69 Å². The third-order valence-electron chi connectivity index (χ3n) is 2.15. The molecule has 1 aromatic rings. The fourth-order valence-corrected chi connectivity index (χ4v) is 1.46. The molecule has 0 unspecified atom stereocenters. The van der Waals surface area contributed by atoms with Crippen LogP contribution in [0.2, 0.25) is 0 Å². The number of nitrogens with one attached hydrogen (secondary N) is 1. The standard InChI is InChI=1S/C8H11N3O2/c1-13-8(12)7-6-4-9-2-3-11(6)5-10-7/h5,9H,2-4H2,1H3. The summed E-state index contributed by atoms with van der Waals surface area (Å²) in [6.07, 6.45) is 1.68. The van der Waals surface area contributed by atoms with Gasteiger partial charge in [-0.05, 0) is 0 Å². The lowest BCUT2D eigenvalue weighted by Crippen LogP contribution is -2.28. The van der Waals surface area contributed by atoms with Crippen LogP contribution in [-0.2, 0) is 17.8 Å². The molecule has 2 rings (SSSR count). The maximum Gasteiger partial charge on any atom is 0.358 e. The molecule has 0 saturated heterocycles. The Morgan fingerprint density at radius 2 is 2.62 bits per heavy atom. The number of carbonyl (C=O) groups excluding carboxylic acids is 1. The molecule has 1 aromatic heterocycles. The van der Waals surface area contributed by atoms with Crippen molar-refractivity contribution < 1.29 is 9.53 Å². The van der Waals surface area contributed by atoms with Crippen molar-refractivity contribution in [3.8, 4) is 0 Å². The molecule has 0 aliphatic carbocycles. The van der Waals surface area contributed by atoms with Gasteiger partial charge in [0.2, 0.25) is 0 Å². The van der Waals surface area contributed by atoms with Gasteiger partial charge in [0.1, 0.15) is 0 Å². The zero-order chi connectivity index (χ0) is 9.26. The highest BCUT2D eigenvalue weighted by molar-refractivity contribution is 5.88. The molecule has 1 N–H and O–H groups in total. The lowest BCUT2D eigenvalue weighted by molar-refractivity contribution is 0.0592. The van der Waals surface area contributed by atoms with Gasteiger partial charge in [-0.2, -0.15) is 0 Å². The van der Waals surface area contributed by atoms with E-state index in [1.165, 1.54) is 7.11 Å². The van der Waals surface area contributed by atoms with Gasteiger partial charge in [-0.1, -0.05) is 0 Å². The Bertz CT molecular complexity index is 332. The van der Waals surface area contributed by atoms with Gasteiger partial charge in [0, 0.05) is 19.6 Å². The van der Waals surface area contributed by atoms with Crippen molar-refractivity contribution >= 4 is 5.97 Å². The molecule has 5 nitrogen and oxygen atoms in total. The van der Waals surface area contributed by atoms with Gasteiger partial charge in [-0.15, -0.1) is 0 Å². The Kier molecular flexibility index (Phi) is 2.02. The molecule has 0 radical (unpaired) electrons. The van der Waals surface area contributed by atoms with Gasteiger partial charge in [0.25, 0.3) is 0 Å². The Hall–Kier alpha value is -1.36. The topological polar surface area (TPSA) is 56.1 Å². The molecule has 1 aliphatic rings. The molecule has 0 fully saturated rings. The smallest absolute Gasteiger partial charge is 0.358 e. The quantitative estimate of drug-likeness (QED) is 0.608. The summed E-state index contributed by atoms with van der Waals surface area (Å²) in [5, 5.41) is 3.18. The number of ether oxygens (including phenoxy) is 1. The van der Waals surface area contributed by atoms with Crippen LogP contribution in [0.5, 0.6) is 0 Å². The van der Waals surface area contributed by atoms with E-state index in [-0.39, 0.29) is 5.97 Å². The summed E-state index contributed by atoms with van der Waals surface area (Å²) in [4.78, 5) is 15.2. The van der Waals surface area contributed by atoms with Crippen molar-refractivity contribution in [1.29, 1.82) is 0 Å². The number of carbonyl (C=O) groups is 1. The predicted molar refractivity (Wildman–Crippen MR) is 45.3 cm³/mol. The Balaban J connectivity index is 2.36. The molecule has 70 valence electrons. The van der Waals surface area contributed by atoms with E-state index in [1.807, 2.05) is 4.57 Å².